The largest absolute Gasteiger partial charge is 0.368 e. The normalized spacial score (nSPS) is 43.4. The van der Waals surface area contributed by atoms with Crippen LogP contribution in [0.25, 0.3) is 0 Å². The van der Waals surface area contributed by atoms with Crippen LogP contribution >= 0.6 is 0 Å². The zero-order valence-corrected chi connectivity index (χ0v) is 14.9. The van der Waals surface area contributed by atoms with Crippen molar-refractivity contribution in [2.24, 2.45) is 28.2 Å². The lowest BCUT2D eigenvalue weighted by Crippen LogP contribution is -2.53. The molecule has 3 unspecified atom stereocenters. The van der Waals surface area contributed by atoms with E-state index in [1.54, 1.807) is 0 Å². The van der Waals surface area contributed by atoms with Crippen molar-refractivity contribution in [3.63, 3.8) is 0 Å². The highest BCUT2D eigenvalue weighted by molar-refractivity contribution is 5.95. The number of aliphatic imine (C=N–C) groups is 1. The lowest BCUT2D eigenvalue weighted by molar-refractivity contribution is 0.147. The van der Waals surface area contributed by atoms with Gasteiger partial charge in [0.1, 0.15) is 17.4 Å². The molecule has 25 heavy (non-hydrogen) atoms. The van der Waals surface area contributed by atoms with E-state index in [2.05, 4.69) is 17.6 Å². The number of carbonyl (C=O) groups excluding carboxylic acids is 1. The Morgan fingerprint density at radius 3 is 2.80 bits per heavy atom. The summed E-state index contributed by atoms with van der Waals surface area (Å²) in [5.41, 5.74) is 1.41. The Morgan fingerprint density at radius 2 is 2.04 bits per heavy atom. The fraction of sp³-hybridized carbons (Fsp3) is 0.789. The molecule has 1 saturated heterocycles. The number of amidine groups is 1. The summed E-state index contributed by atoms with van der Waals surface area (Å²) in [7, 11) is 0. The predicted octanol–water partition coefficient (Wildman–Crippen LogP) is 2.06. The van der Waals surface area contributed by atoms with Crippen LogP contribution in [0.3, 0.4) is 0 Å². The first-order valence-electron chi connectivity index (χ1n) is 10.1. The molecule has 7 rings (SSSR count). The molecule has 0 radical (unpaired) electrons. The van der Waals surface area contributed by atoms with Crippen LogP contribution in [0.15, 0.2) is 16.5 Å². The molecule has 0 spiro atoms. The Bertz CT molecular complexity index is 699. The second kappa shape index (κ2) is 4.71. The highest BCUT2D eigenvalue weighted by Gasteiger charge is 2.61. The Kier molecular flexibility index (Phi) is 2.72. The lowest BCUT2D eigenvalue weighted by Gasteiger charge is -2.36. The van der Waals surface area contributed by atoms with E-state index in [1.807, 2.05) is 9.80 Å². The van der Waals surface area contributed by atoms with E-state index < -0.39 is 0 Å². The van der Waals surface area contributed by atoms with Gasteiger partial charge in [-0.1, -0.05) is 6.92 Å². The molecule has 4 bridgehead atoms. The van der Waals surface area contributed by atoms with Crippen molar-refractivity contribution >= 4 is 11.9 Å². The molecule has 3 atom stereocenters. The topological polar surface area (TPSA) is 60.0 Å². The highest BCUT2D eigenvalue weighted by atomic mass is 16.2. The number of nitrogens with zero attached hydrogens (tertiary/aromatic N) is 3. The number of hydrogen-bond donors (Lipinski definition) is 2. The number of fused-ring (bicyclic) bond motifs is 2. The molecule has 2 amide bonds. The second-order valence-corrected chi connectivity index (χ2v) is 8.99. The van der Waals surface area contributed by atoms with Gasteiger partial charge in [0.05, 0.1) is 0 Å². The van der Waals surface area contributed by atoms with Crippen LogP contribution in [0.1, 0.15) is 45.4 Å². The minimum absolute atomic E-state index is 0.122. The summed E-state index contributed by atoms with van der Waals surface area (Å²) in [6.07, 6.45) is 7.70. The third-order valence-electron chi connectivity index (χ3n) is 7.61. The fourth-order valence-electron chi connectivity index (χ4n) is 6.90. The molecule has 2 N–H and O–H groups in total. The lowest BCUT2D eigenvalue weighted by atomic mass is 9.74. The first-order chi connectivity index (χ1) is 12.2. The third-order valence-corrected chi connectivity index (χ3v) is 7.61. The van der Waals surface area contributed by atoms with E-state index in [4.69, 9.17) is 4.99 Å². The van der Waals surface area contributed by atoms with Gasteiger partial charge >= 0.3 is 6.03 Å². The van der Waals surface area contributed by atoms with Crippen LogP contribution in [-0.2, 0) is 0 Å². The van der Waals surface area contributed by atoms with Gasteiger partial charge in [0, 0.05) is 25.0 Å². The van der Waals surface area contributed by atoms with Gasteiger partial charge in [-0.25, -0.2) is 9.79 Å². The van der Waals surface area contributed by atoms with Gasteiger partial charge in [0.2, 0.25) is 0 Å². The standard InChI is InChI=1S/C19H27N5O/c1-2-4-23-16-14(15-20-3-5-24(15)18(23)25)21-17(22-16)19-9-11-6-12(10-19)8-13(19)7-11/h11-13,16,20H,2-10H2,1H3,(H,21,22). The van der Waals surface area contributed by atoms with E-state index in [0.29, 0.717) is 0 Å². The molecule has 7 aliphatic rings. The van der Waals surface area contributed by atoms with Gasteiger partial charge in [-0.05, 0) is 56.3 Å². The monoisotopic (exact) mass is 341 g/mol. The van der Waals surface area contributed by atoms with E-state index in [1.165, 1.54) is 37.9 Å². The highest BCUT2D eigenvalue weighted by Crippen LogP contribution is 2.66. The maximum Gasteiger partial charge on any atom is 0.327 e. The van der Waals surface area contributed by atoms with Crippen molar-refractivity contribution in [1.29, 1.82) is 0 Å². The number of rotatable bonds is 3. The van der Waals surface area contributed by atoms with E-state index in [9.17, 15) is 4.79 Å². The summed E-state index contributed by atoms with van der Waals surface area (Å²) in [4.78, 5) is 22.0. The Labute approximate surface area is 148 Å². The average molecular weight is 341 g/mol. The van der Waals surface area contributed by atoms with Crippen molar-refractivity contribution in [1.82, 2.24) is 20.4 Å². The summed E-state index contributed by atoms with van der Waals surface area (Å²) in [5, 5.41) is 7.18. The molecule has 0 aromatic rings. The van der Waals surface area contributed by atoms with E-state index >= 15 is 0 Å². The number of amides is 2. The van der Waals surface area contributed by atoms with Crippen molar-refractivity contribution in [3.8, 4) is 0 Å². The summed E-state index contributed by atoms with van der Waals surface area (Å²) in [5.74, 6) is 4.83. The smallest absolute Gasteiger partial charge is 0.327 e. The minimum atomic E-state index is -0.133. The molecule has 4 aliphatic carbocycles. The van der Waals surface area contributed by atoms with Crippen molar-refractivity contribution in [2.75, 3.05) is 19.6 Å². The maximum absolute atomic E-state index is 12.9. The molecule has 3 heterocycles. The van der Waals surface area contributed by atoms with Gasteiger partial charge < -0.3 is 10.6 Å². The summed E-state index contributed by atoms with van der Waals surface area (Å²) < 4.78 is 0. The molecule has 0 aromatic heterocycles. The quantitative estimate of drug-likeness (QED) is 0.826. The summed E-state index contributed by atoms with van der Waals surface area (Å²) in [6, 6.07) is 0.122. The predicted molar refractivity (Wildman–Crippen MR) is 94.5 cm³/mol. The van der Waals surface area contributed by atoms with Gasteiger partial charge in [0.25, 0.3) is 0 Å². The van der Waals surface area contributed by atoms with Crippen LogP contribution in [0.2, 0.25) is 0 Å². The number of carbonyl (C=O) groups is 1. The molecule has 6 nitrogen and oxygen atoms in total. The van der Waals surface area contributed by atoms with Crippen LogP contribution in [0, 0.1) is 23.2 Å². The Balaban J connectivity index is 1.42. The molecule has 4 saturated carbocycles. The first-order valence-corrected chi connectivity index (χ1v) is 10.1. The van der Waals surface area contributed by atoms with Crippen molar-refractivity contribution < 1.29 is 4.79 Å². The fourth-order valence-corrected chi connectivity index (χ4v) is 6.90. The first kappa shape index (κ1) is 14.4. The molecular formula is C19H27N5O. The van der Waals surface area contributed by atoms with E-state index in [0.717, 1.165) is 55.3 Å². The van der Waals surface area contributed by atoms with Crippen LogP contribution in [0.4, 0.5) is 4.79 Å². The van der Waals surface area contributed by atoms with Gasteiger partial charge in [0.15, 0.2) is 6.17 Å². The minimum Gasteiger partial charge on any atom is -0.368 e. The second-order valence-electron chi connectivity index (χ2n) is 8.99. The number of hydrogen-bond acceptors (Lipinski definition) is 4. The maximum atomic E-state index is 12.9. The van der Waals surface area contributed by atoms with Crippen LogP contribution in [-0.4, -0.2) is 47.5 Å². The van der Waals surface area contributed by atoms with E-state index in [-0.39, 0.29) is 17.6 Å². The van der Waals surface area contributed by atoms with Gasteiger partial charge in [-0.2, -0.15) is 0 Å². The molecule has 0 aromatic carbocycles. The summed E-state index contributed by atoms with van der Waals surface area (Å²) in [6.45, 7) is 4.51. The zero-order valence-electron chi connectivity index (χ0n) is 14.9. The number of urea groups is 1. The number of nitrogens with one attached hydrogen (secondary N) is 2. The van der Waals surface area contributed by atoms with Crippen LogP contribution in [0.5, 0.6) is 0 Å². The zero-order chi connectivity index (χ0) is 16.8. The molecule has 3 aliphatic heterocycles. The molecule has 6 heteroatoms. The average Bonchev–Trinajstić information content (AvgIpc) is 3.32. The SMILES string of the molecule is CCCN1C(=O)N2CCNC2=C2NC(C34CC5CC(CC3C5)C4)=NC21. The third kappa shape index (κ3) is 1.71. The molecule has 5 fully saturated rings. The molecule has 134 valence electrons. The van der Waals surface area contributed by atoms with Gasteiger partial charge in [-0.3, -0.25) is 9.80 Å². The van der Waals surface area contributed by atoms with Crippen molar-refractivity contribution in [2.45, 2.75) is 51.6 Å². The Morgan fingerprint density at radius 1 is 1.24 bits per heavy atom. The van der Waals surface area contributed by atoms with Crippen LogP contribution < -0.4 is 10.6 Å². The summed E-state index contributed by atoms with van der Waals surface area (Å²) >= 11 is 0. The van der Waals surface area contributed by atoms with Crippen molar-refractivity contribution in [3.05, 3.63) is 11.5 Å². The van der Waals surface area contributed by atoms with Gasteiger partial charge in [-0.15, -0.1) is 0 Å². The Hall–Kier alpha value is -1.72. The molecular weight excluding hydrogens is 314 g/mol.